The number of allylic oxidation sites excluding steroid dienone is 13. The maximum atomic E-state index is 3.09. The molecule has 0 spiro atoms. The molecule has 8 aliphatic carbocycles. The van der Waals surface area contributed by atoms with Crippen LogP contribution in [0, 0.1) is 33.0 Å². The number of aromatic nitrogens is 1. The van der Waals surface area contributed by atoms with E-state index < -0.39 is 0 Å². The molecule has 3 heterocycles. The Morgan fingerprint density at radius 1 is 0.729 bits per heavy atom. The summed E-state index contributed by atoms with van der Waals surface area (Å²) >= 11 is 0. The molecule has 0 saturated carbocycles. The first-order valence-electron chi connectivity index (χ1n) is 24.0. The molecule has 4 unspecified atom stereocenters. The van der Waals surface area contributed by atoms with E-state index >= 15 is 0 Å². The predicted molar refractivity (Wildman–Crippen MR) is 252 cm³/mol. The van der Waals surface area contributed by atoms with Crippen LogP contribution in [-0.4, -0.2) is 28.3 Å². The molecular weight excluding hydrogens is 711 g/mol. The van der Waals surface area contributed by atoms with E-state index in [1.807, 2.05) is 0 Å². The lowest BCUT2D eigenvalue weighted by Crippen LogP contribution is -2.58. The molecule has 2 aliphatic heterocycles. The van der Waals surface area contributed by atoms with Gasteiger partial charge in [0.05, 0.1) is 6.04 Å². The summed E-state index contributed by atoms with van der Waals surface area (Å²) in [5.74, 6) is 0.937. The molecule has 1 saturated heterocycles. The summed E-state index contributed by atoms with van der Waals surface area (Å²) in [6.45, 7) is 35.9. The number of hydrogen-bond acceptors (Lipinski definition) is 1. The summed E-state index contributed by atoms with van der Waals surface area (Å²) in [5, 5.41) is 0. The zero-order chi connectivity index (χ0) is 41.7. The Labute approximate surface area is 358 Å². The van der Waals surface area contributed by atoms with Gasteiger partial charge in [0.1, 0.15) is 0 Å². The van der Waals surface area contributed by atoms with Gasteiger partial charge in [-0.25, -0.2) is 0 Å². The first-order valence-corrected chi connectivity index (χ1v) is 24.0. The van der Waals surface area contributed by atoms with Crippen LogP contribution in [0.1, 0.15) is 177 Å². The number of fused-ring (bicyclic) bond motifs is 9. The van der Waals surface area contributed by atoms with E-state index in [2.05, 4.69) is 149 Å². The third kappa shape index (κ3) is 5.12. The van der Waals surface area contributed by atoms with Crippen molar-refractivity contribution in [3.05, 3.63) is 110 Å². The van der Waals surface area contributed by atoms with E-state index in [9.17, 15) is 0 Å². The van der Waals surface area contributed by atoms with E-state index in [4.69, 9.17) is 0 Å². The SMILES string of the molecule is CC1=CC2=C3B(C4=CC(C(C)(C)C)Cc5c6c(n2c54)C(C)(C)C2=CCCC=C26)C2CC4=C(C=C2N(C2C=CC5=C(C2)C(C)(C)CCC5(C)C)C3C1)C(C)(C)CCC4(C)C. The van der Waals surface area contributed by atoms with Crippen LogP contribution in [0.3, 0.4) is 0 Å². The third-order valence-corrected chi connectivity index (χ3v) is 18.5. The second kappa shape index (κ2) is 11.8. The van der Waals surface area contributed by atoms with Gasteiger partial charge in [0.15, 0.2) is 0 Å². The molecule has 2 nitrogen and oxygen atoms in total. The summed E-state index contributed by atoms with van der Waals surface area (Å²) in [4.78, 5) is 3.09. The van der Waals surface area contributed by atoms with Gasteiger partial charge in [0, 0.05) is 39.8 Å². The molecule has 10 aliphatic rings. The first kappa shape index (κ1) is 38.7. The van der Waals surface area contributed by atoms with Gasteiger partial charge < -0.3 is 9.47 Å². The highest BCUT2D eigenvalue weighted by atomic mass is 15.2. The Balaban J connectivity index is 1.20. The van der Waals surface area contributed by atoms with Crippen molar-refractivity contribution >= 4 is 23.5 Å². The molecule has 310 valence electrons. The first-order chi connectivity index (χ1) is 27.5. The van der Waals surface area contributed by atoms with Crippen molar-refractivity contribution < 1.29 is 0 Å². The van der Waals surface area contributed by atoms with Gasteiger partial charge in [-0.1, -0.05) is 143 Å². The number of rotatable bonds is 1. The summed E-state index contributed by atoms with van der Waals surface area (Å²) in [6, 6.07) is 0.699. The largest absolute Gasteiger partial charge is 0.362 e. The van der Waals surface area contributed by atoms with Crippen LogP contribution >= 0.6 is 0 Å². The fourth-order valence-corrected chi connectivity index (χ4v) is 14.8. The zero-order valence-electron chi connectivity index (χ0n) is 39.4. The van der Waals surface area contributed by atoms with Crippen molar-refractivity contribution in [2.24, 2.45) is 33.0 Å². The molecule has 11 rings (SSSR count). The van der Waals surface area contributed by atoms with E-state index in [0.29, 0.717) is 30.5 Å². The van der Waals surface area contributed by atoms with E-state index in [1.165, 1.54) is 38.5 Å². The Kier molecular flexibility index (Phi) is 7.76. The number of nitrogens with zero attached hydrogens (tertiary/aromatic N) is 2. The zero-order valence-corrected chi connectivity index (χ0v) is 39.4. The van der Waals surface area contributed by atoms with Gasteiger partial charge in [0.25, 0.3) is 0 Å². The van der Waals surface area contributed by atoms with Crippen molar-refractivity contribution in [3.63, 3.8) is 0 Å². The Morgan fingerprint density at radius 2 is 1.37 bits per heavy atom. The number of hydrogen-bond donors (Lipinski definition) is 0. The van der Waals surface area contributed by atoms with Gasteiger partial charge in [-0.2, -0.15) is 0 Å². The van der Waals surface area contributed by atoms with Crippen LogP contribution in [0.15, 0.2) is 87.1 Å². The standard InChI is InChI=1S/C56H73BN2/c1-32-25-45-48-46(26-32)59-49-36(47-35-17-15-16-18-37(35)56(13,14)50(47)59)27-33(51(2,3)4)28-43(49)57(48)42-30-40-41(55(11,12)24-23-54(40,9)10)31-44(42)58(45)34-19-20-38-39(29-34)53(7,8)22-21-52(38,5)6/h17-20,26,28,31,33-34,42,45H,15-16,21-25,27,29-30H2,1-14H3. The van der Waals surface area contributed by atoms with Gasteiger partial charge in [-0.05, 0) is 155 Å². The fraction of sp³-hybridized carbons (Fsp3) is 0.607. The second-order valence-electron chi connectivity index (χ2n) is 25.4. The van der Waals surface area contributed by atoms with Crippen molar-refractivity contribution in [1.82, 2.24) is 9.47 Å². The normalized spacial score (nSPS) is 32.4. The quantitative estimate of drug-likeness (QED) is 0.258. The van der Waals surface area contributed by atoms with E-state index in [-0.39, 0.29) is 32.5 Å². The molecule has 3 heteroatoms. The molecule has 1 aromatic heterocycles. The lowest BCUT2D eigenvalue weighted by atomic mass is 9.25. The molecule has 59 heavy (non-hydrogen) atoms. The highest BCUT2D eigenvalue weighted by molar-refractivity contribution is 6.88. The molecule has 0 amide bonds. The monoisotopic (exact) mass is 785 g/mol. The summed E-state index contributed by atoms with van der Waals surface area (Å²) in [7, 11) is 0. The van der Waals surface area contributed by atoms with Crippen LogP contribution in [-0.2, 0) is 11.8 Å². The van der Waals surface area contributed by atoms with Crippen molar-refractivity contribution in [1.29, 1.82) is 0 Å². The molecular formula is C56H73BN2. The smallest absolute Gasteiger partial charge is 0.221 e. The van der Waals surface area contributed by atoms with Crippen LogP contribution in [0.2, 0.25) is 5.82 Å². The molecule has 0 N–H and O–H groups in total. The van der Waals surface area contributed by atoms with Crippen LogP contribution in [0.25, 0.3) is 16.7 Å². The minimum absolute atomic E-state index is 0.0353. The van der Waals surface area contributed by atoms with Gasteiger partial charge in [0.2, 0.25) is 6.71 Å². The summed E-state index contributed by atoms with van der Waals surface area (Å²) in [5.41, 5.74) is 25.6. The molecule has 0 aromatic carbocycles. The maximum Gasteiger partial charge on any atom is 0.221 e. The second-order valence-corrected chi connectivity index (χ2v) is 25.4. The van der Waals surface area contributed by atoms with Gasteiger partial charge in [-0.15, -0.1) is 0 Å². The minimum atomic E-state index is -0.0353. The molecule has 0 radical (unpaired) electrons. The lowest BCUT2D eigenvalue weighted by molar-refractivity contribution is 0.188. The average molecular weight is 785 g/mol. The third-order valence-electron chi connectivity index (χ3n) is 18.5. The predicted octanol–water partition coefficient (Wildman–Crippen LogP) is 14.6. The maximum absolute atomic E-state index is 3.09. The Hall–Kier alpha value is -3.20. The summed E-state index contributed by atoms with van der Waals surface area (Å²) < 4.78 is 2.91. The van der Waals surface area contributed by atoms with Crippen LogP contribution < -0.4 is 0 Å². The molecule has 1 fully saturated rings. The van der Waals surface area contributed by atoms with E-state index in [0.717, 1.165) is 25.7 Å². The Morgan fingerprint density at radius 3 is 2.07 bits per heavy atom. The highest BCUT2D eigenvalue weighted by Gasteiger charge is 2.59. The average Bonchev–Trinajstić information content (AvgIpc) is 3.63. The topological polar surface area (TPSA) is 8.17 Å². The van der Waals surface area contributed by atoms with Crippen molar-refractivity contribution in [2.75, 3.05) is 0 Å². The van der Waals surface area contributed by atoms with Crippen molar-refractivity contribution in [3.8, 4) is 0 Å². The van der Waals surface area contributed by atoms with Gasteiger partial charge >= 0.3 is 0 Å². The highest BCUT2D eigenvalue weighted by Crippen LogP contribution is 2.66. The van der Waals surface area contributed by atoms with Crippen molar-refractivity contribution in [2.45, 2.75) is 184 Å². The fourth-order valence-electron chi connectivity index (χ4n) is 14.8. The molecule has 0 bridgehead atoms. The lowest BCUT2D eigenvalue weighted by Gasteiger charge is -2.59. The molecule has 4 atom stereocenters. The van der Waals surface area contributed by atoms with Crippen LogP contribution in [0.5, 0.6) is 0 Å². The van der Waals surface area contributed by atoms with Gasteiger partial charge in [-0.3, -0.25) is 0 Å². The Bertz CT molecular complexity index is 2430. The summed E-state index contributed by atoms with van der Waals surface area (Å²) in [6.07, 6.45) is 31.0. The minimum Gasteiger partial charge on any atom is -0.362 e. The van der Waals surface area contributed by atoms with Crippen LogP contribution in [0.4, 0.5) is 0 Å². The van der Waals surface area contributed by atoms with E-state index in [1.54, 1.807) is 83.9 Å². The molecule has 1 aromatic rings.